The molecule has 86 valence electrons. The van der Waals surface area contributed by atoms with E-state index in [4.69, 9.17) is 0 Å². The Hall–Kier alpha value is -0.0800. The van der Waals surface area contributed by atoms with Gasteiger partial charge in [-0.3, -0.25) is 0 Å². The average molecular weight is 200 g/mol. The van der Waals surface area contributed by atoms with Crippen molar-refractivity contribution in [2.75, 3.05) is 19.6 Å². The standard InChI is InChI=1S/C12H28N2/c1-7-14(8-2)9-11(5)13-12(6)10(3)4/h10-13H,7-9H2,1-6H3. The molecule has 0 saturated heterocycles. The Morgan fingerprint density at radius 3 is 1.86 bits per heavy atom. The van der Waals surface area contributed by atoms with Crippen molar-refractivity contribution in [3.05, 3.63) is 0 Å². The van der Waals surface area contributed by atoms with E-state index in [1.807, 2.05) is 0 Å². The molecule has 0 heterocycles. The quantitative estimate of drug-likeness (QED) is 0.678. The van der Waals surface area contributed by atoms with Crippen molar-refractivity contribution in [2.24, 2.45) is 5.92 Å². The minimum atomic E-state index is 0.590. The minimum absolute atomic E-state index is 0.590. The molecule has 2 atom stereocenters. The van der Waals surface area contributed by atoms with Crippen molar-refractivity contribution < 1.29 is 0 Å². The molecule has 0 rings (SSSR count). The fourth-order valence-corrected chi connectivity index (χ4v) is 1.56. The van der Waals surface area contributed by atoms with Gasteiger partial charge in [-0.1, -0.05) is 27.7 Å². The highest BCUT2D eigenvalue weighted by atomic mass is 15.1. The van der Waals surface area contributed by atoms with Crippen LogP contribution in [0.5, 0.6) is 0 Å². The highest BCUT2D eigenvalue weighted by molar-refractivity contribution is 4.72. The van der Waals surface area contributed by atoms with Gasteiger partial charge in [0.1, 0.15) is 0 Å². The van der Waals surface area contributed by atoms with Gasteiger partial charge < -0.3 is 10.2 Å². The molecule has 2 heteroatoms. The molecule has 0 aliphatic heterocycles. The van der Waals surface area contributed by atoms with E-state index in [0.717, 1.165) is 19.6 Å². The average Bonchev–Trinajstić information content (AvgIpc) is 2.13. The van der Waals surface area contributed by atoms with Gasteiger partial charge in [0.15, 0.2) is 0 Å². The van der Waals surface area contributed by atoms with Gasteiger partial charge in [-0.2, -0.15) is 0 Å². The molecule has 0 spiro atoms. The second-order valence-electron chi connectivity index (χ2n) is 4.59. The smallest absolute Gasteiger partial charge is 0.0169 e. The number of rotatable bonds is 7. The summed E-state index contributed by atoms with van der Waals surface area (Å²) in [7, 11) is 0. The Bertz CT molecular complexity index is 126. The topological polar surface area (TPSA) is 15.3 Å². The Morgan fingerprint density at radius 1 is 1.00 bits per heavy atom. The maximum Gasteiger partial charge on any atom is 0.0169 e. The maximum absolute atomic E-state index is 3.64. The predicted octanol–water partition coefficient (Wildman–Crippen LogP) is 2.35. The van der Waals surface area contributed by atoms with Crippen molar-refractivity contribution in [3.63, 3.8) is 0 Å². The van der Waals surface area contributed by atoms with E-state index < -0.39 is 0 Å². The summed E-state index contributed by atoms with van der Waals surface area (Å²) < 4.78 is 0. The first kappa shape index (κ1) is 13.9. The Morgan fingerprint density at radius 2 is 1.50 bits per heavy atom. The molecular formula is C12H28N2. The normalized spacial score (nSPS) is 16.3. The van der Waals surface area contributed by atoms with Gasteiger partial charge in [-0.05, 0) is 32.9 Å². The van der Waals surface area contributed by atoms with Crippen LogP contribution < -0.4 is 5.32 Å². The molecular weight excluding hydrogens is 172 g/mol. The van der Waals surface area contributed by atoms with Crippen LogP contribution in [0.1, 0.15) is 41.5 Å². The second kappa shape index (κ2) is 7.24. The summed E-state index contributed by atoms with van der Waals surface area (Å²) in [5.74, 6) is 0.717. The Balaban J connectivity index is 3.78. The first-order valence-electron chi connectivity index (χ1n) is 5.99. The lowest BCUT2D eigenvalue weighted by Gasteiger charge is -2.27. The summed E-state index contributed by atoms with van der Waals surface area (Å²) in [6, 6.07) is 1.20. The van der Waals surface area contributed by atoms with Gasteiger partial charge in [-0.15, -0.1) is 0 Å². The van der Waals surface area contributed by atoms with Crippen LogP contribution in [0.3, 0.4) is 0 Å². The zero-order chi connectivity index (χ0) is 11.1. The summed E-state index contributed by atoms with van der Waals surface area (Å²) in [5.41, 5.74) is 0. The van der Waals surface area contributed by atoms with Crippen molar-refractivity contribution in [1.82, 2.24) is 10.2 Å². The van der Waals surface area contributed by atoms with E-state index in [9.17, 15) is 0 Å². The Labute approximate surface area is 90.1 Å². The summed E-state index contributed by atoms with van der Waals surface area (Å²) in [6.07, 6.45) is 0. The number of nitrogens with one attached hydrogen (secondary N) is 1. The number of likely N-dealkylation sites (N-methyl/N-ethyl adjacent to an activating group) is 1. The fourth-order valence-electron chi connectivity index (χ4n) is 1.56. The number of hydrogen-bond donors (Lipinski definition) is 1. The van der Waals surface area contributed by atoms with E-state index in [1.54, 1.807) is 0 Å². The molecule has 0 aromatic carbocycles. The molecule has 0 saturated carbocycles. The van der Waals surface area contributed by atoms with Gasteiger partial charge >= 0.3 is 0 Å². The lowest BCUT2D eigenvalue weighted by molar-refractivity contribution is 0.254. The lowest BCUT2D eigenvalue weighted by atomic mass is 10.1. The van der Waals surface area contributed by atoms with Gasteiger partial charge in [0.25, 0.3) is 0 Å². The van der Waals surface area contributed by atoms with Crippen LogP contribution in [0.2, 0.25) is 0 Å². The van der Waals surface area contributed by atoms with Crippen LogP contribution >= 0.6 is 0 Å². The number of nitrogens with zero attached hydrogens (tertiary/aromatic N) is 1. The molecule has 0 bridgehead atoms. The molecule has 1 N–H and O–H groups in total. The molecule has 0 amide bonds. The summed E-state index contributed by atoms with van der Waals surface area (Å²) in [6.45, 7) is 17.0. The summed E-state index contributed by atoms with van der Waals surface area (Å²) in [5, 5.41) is 3.64. The van der Waals surface area contributed by atoms with E-state index in [2.05, 4.69) is 51.8 Å². The zero-order valence-corrected chi connectivity index (χ0v) is 10.8. The third-order valence-electron chi connectivity index (χ3n) is 2.97. The highest BCUT2D eigenvalue weighted by Gasteiger charge is 2.12. The van der Waals surface area contributed by atoms with Crippen LogP contribution in [0.15, 0.2) is 0 Å². The highest BCUT2D eigenvalue weighted by Crippen LogP contribution is 2.02. The summed E-state index contributed by atoms with van der Waals surface area (Å²) >= 11 is 0. The molecule has 2 unspecified atom stereocenters. The molecule has 2 nitrogen and oxygen atoms in total. The van der Waals surface area contributed by atoms with Crippen LogP contribution in [0, 0.1) is 5.92 Å². The summed E-state index contributed by atoms with van der Waals surface area (Å²) in [4.78, 5) is 2.46. The molecule has 0 aromatic heterocycles. The van der Waals surface area contributed by atoms with Gasteiger partial charge in [0, 0.05) is 18.6 Å². The van der Waals surface area contributed by atoms with Crippen molar-refractivity contribution >= 4 is 0 Å². The molecule has 0 aliphatic rings. The predicted molar refractivity (Wildman–Crippen MR) is 64.7 cm³/mol. The molecule has 0 aromatic rings. The van der Waals surface area contributed by atoms with Gasteiger partial charge in [0.05, 0.1) is 0 Å². The lowest BCUT2D eigenvalue weighted by Crippen LogP contribution is -2.44. The third kappa shape index (κ3) is 5.61. The SMILES string of the molecule is CCN(CC)CC(C)NC(C)C(C)C. The van der Waals surface area contributed by atoms with Crippen molar-refractivity contribution in [3.8, 4) is 0 Å². The van der Waals surface area contributed by atoms with Crippen LogP contribution in [0.4, 0.5) is 0 Å². The number of hydrogen-bond acceptors (Lipinski definition) is 2. The second-order valence-corrected chi connectivity index (χ2v) is 4.59. The molecule has 14 heavy (non-hydrogen) atoms. The van der Waals surface area contributed by atoms with Crippen LogP contribution in [0.25, 0.3) is 0 Å². The van der Waals surface area contributed by atoms with E-state index in [0.29, 0.717) is 18.0 Å². The fraction of sp³-hybridized carbons (Fsp3) is 1.00. The van der Waals surface area contributed by atoms with E-state index in [-0.39, 0.29) is 0 Å². The van der Waals surface area contributed by atoms with E-state index >= 15 is 0 Å². The molecule has 0 fully saturated rings. The first-order valence-corrected chi connectivity index (χ1v) is 5.99. The Kier molecular flexibility index (Phi) is 7.20. The largest absolute Gasteiger partial charge is 0.310 e. The third-order valence-corrected chi connectivity index (χ3v) is 2.97. The van der Waals surface area contributed by atoms with E-state index in [1.165, 1.54) is 0 Å². The minimum Gasteiger partial charge on any atom is -0.310 e. The van der Waals surface area contributed by atoms with Gasteiger partial charge in [0.2, 0.25) is 0 Å². The van der Waals surface area contributed by atoms with Crippen molar-refractivity contribution in [2.45, 2.75) is 53.6 Å². The maximum atomic E-state index is 3.64. The molecule has 0 radical (unpaired) electrons. The monoisotopic (exact) mass is 200 g/mol. The van der Waals surface area contributed by atoms with Gasteiger partial charge in [-0.25, -0.2) is 0 Å². The van der Waals surface area contributed by atoms with Crippen LogP contribution in [-0.2, 0) is 0 Å². The zero-order valence-electron chi connectivity index (χ0n) is 10.8. The van der Waals surface area contributed by atoms with Crippen molar-refractivity contribution in [1.29, 1.82) is 0 Å². The van der Waals surface area contributed by atoms with Crippen LogP contribution in [-0.4, -0.2) is 36.6 Å². The first-order chi connectivity index (χ1) is 6.51. The molecule has 0 aliphatic carbocycles.